The van der Waals surface area contributed by atoms with Crippen LogP contribution in [0.2, 0.25) is 0 Å². The molecule has 0 aromatic heterocycles. The Morgan fingerprint density at radius 1 is 0.941 bits per heavy atom. The van der Waals surface area contributed by atoms with Crippen molar-refractivity contribution in [2.45, 2.75) is 9.79 Å². The first-order valence-corrected chi connectivity index (χ1v) is 11.6. The summed E-state index contributed by atoms with van der Waals surface area (Å²) < 4.78 is 6.85. The minimum absolute atomic E-state index is 0.854. The molecule has 0 aliphatic carbocycles. The maximum atomic E-state index is 5.99. The van der Waals surface area contributed by atoms with Crippen LogP contribution in [0.3, 0.4) is 0 Å². The molecule has 0 spiro atoms. The zero-order valence-corrected chi connectivity index (χ0v) is 12.8. The van der Waals surface area contributed by atoms with Crippen molar-refractivity contribution in [3.8, 4) is 11.5 Å². The summed E-state index contributed by atoms with van der Waals surface area (Å²) in [5.74, 6) is 1.75. The van der Waals surface area contributed by atoms with E-state index >= 15 is 0 Å². The Hall–Kier alpha value is -0.272. The Kier molecular flexibility index (Phi) is 3.31. The fourth-order valence-electron chi connectivity index (χ4n) is 1.62. The molecular weight excluding hydrogens is 338 g/mol. The molecule has 0 bridgehead atoms. The van der Waals surface area contributed by atoms with Crippen LogP contribution in [0.15, 0.2) is 52.3 Å². The molecule has 0 N–H and O–H groups in total. The quantitative estimate of drug-likeness (QED) is 0.614. The molecule has 86 valence electrons. The van der Waals surface area contributed by atoms with E-state index in [1.165, 1.54) is 0 Å². The SMILES string of the molecule is Cl[As](Cl)c1ccc2c(c1)Oc1ccccc1S2. The van der Waals surface area contributed by atoms with Crippen molar-refractivity contribution in [3.63, 3.8) is 0 Å². The van der Waals surface area contributed by atoms with Gasteiger partial charge < -0.3 is 0 Å². The van der Waals surface area contributed by atoms with Gasteiger partial charge in [0.25, 0.3) is 0 Å². The van der Waals surface area contributed by atoms with Crippen molar-refractivity contribution >= 4 is 48.8 Å². The van der Waals surface area contributed by atoms with E-state index < -0.39 is 12.8 Å². The van der Waals surface area contributed by atoms with Crippen molar-refractivity contribution in [3.05, 3.63) is 42.5 Å². The van der Waals surface area contributed by atoms with Crippen LogP contribution in [-0.2, 0) is 0 Å². The summed E-state index contributed by atoms with van der Waals surface area (Å²) in [4.78, 5) is 2.25. The van der Waals surface area contributed by atoms with E-state index in [-0.39, 0.29) is 0 Å². The van der Waals surface area contributed by atoms with Crippen LogP contribution in [-0.4, -0.2) is 12.8 Å². The predicted molar refractivity (Wildman–Crippen MR) is 74.2 cm³/mol. The molecule has 17 heavy (non-hydrogen) atoms. The number of benzene rings is 2. The van der Waals surface area contributed by atoms with Gasteiger partial charge in [0.2, 0.25) is 0 Å². The molecule has 3 rings (SSSR count). The molecule has 1 aliphatic rings. The standard InChI is InChI=1S/C12H7AsCl2OS/c14-13(15)8-5-6-12-10(7-8)16-9-3-1-2-4-11(9)17-12/h1-7H. The summed E-state index contributed by atoms with van der Waals surface area (Å²) in [7, 11) is 12.0. The molecule has 0 saturated heterocycles. The number of ether oxygens (including phenoxy) is 1. The van der Waals surface area contributed by atoms with Crippen LogP contribution in [0.4, 0.5) is 0 Å². The summed E-state index contributed by atoms with van der Waals surface area (Å²) in [5, 5.41) is 0. The fraction of sp³-hybridized carbons (Fsp3) is 0. The number of fused-ring (bicyclic) bond motifs is 2. The van der Waals surface area contributed by atoms with Crippen LogP contribution in [0, 0.1) is 0 Å². The van der Waals surface area contributed by atoms with Crippen molar-refractivity contribution < 1.29 is 4.74 Å². The number of halogens is 2. The first kappa shape index (κ1) is 11.8. The third kappa shape index (κ3) is 2.32. The maximum absolute atomic E-state index is 5.99. The molecule has 0 unspecified atom stereocenters. The minimum atomic E-state index is -1.87. The van der Waals surface area contributed by atoms with Gasteiger partial charge in [0.05, 0.1) is 0 Å². The first-order chi connectivity index (χ1) is 8.24. The topological polar surface area (TPSA) is 9.23 Å². The van der Waals surface area contributed by atoms with E-state index in [2.05, 4.69) is 6.07 Å². The number of hydrogen-bond acceptors (Lipinski definition) is 2. The normalized spacial score (nSPS) is 12.9. The van der Waals surface area contributed by atoms with Gasteiger partial charge in [-0.25, -0.2) is 0 Å². The number of hydrogen-bond donors (Lipinski definition) is 0. The van der Waals surface area contributed by atoms with Gasteiger partial charge in [-0.1, -0.05) is 0 Å². The Bertz CT molecular complexity index is 574. The van der Waals surface area contributed by atoms with Gasteiger partial charge in [-0.3, -0.25) is 0 Å². The van der Waals surface area contributed by atoms with Gasteiger partial charge in [-0.15, -0.1) is 0 Å². The third-order valence-corrected chi connectivity index (χ3v) is 6.96. The fourth-order valence-corrected chi connectivity index (χ4v) is 4.49. The predicted octanol–water partition coefficient (Wildman–Crippen LogP) is 4.12. The molecule has 0 radical (unpaired) electrons. The Morgan fingerprint density at radius 2 is 1.71 bits per heavy atom. The summed E-state index contributed by atoms with van der Waals surface area (Å²) >= 11 is -0.166. The molecule has 0 atom stereocenters. The van der Waals surface area contributed by atoms with Gasteiger partial charge in [-0.2, -0.15) is 0 Å². The molecule has 0 amide bonds. The van der Waals surface area contributed by atoms with Gasteiger partial charge in [0.1, 0.15) is 0 Å². The Labute approximate surface area is 117 Å². The van der Waals surface area contributed by atoms with Crippen molar-refractivity contribution in [2.75, 3.05) is 0 Å². The summed E-state index contributed by atoms with van der Waals surface area (Å²) in [6.45, 7) is 0. The molecule has 5 heteroatoms. The molecule has 2 aromatic carbocycles. The van der Waals surface area contributed by atoms with Crippen LogP contribution in [0.1, 0.15) is 0 Å². The average Bonchev–Trinajstić information content (AvgIpc) is 2.35. The van der Waals surface area contributed by atoms with E-state index in [9.17, 15) is 0 Å². The van der Waals surface area contributed by atoms with E-state index in [4.69, 9.17) is 24.6 Å². The molecule has 0 saturated carbocycles. The van der Waals surface area contributed by atoms with Crippen LogP contribution >= 0.6 is 31.7 Å². The molecule has 1 nitrogen and oxygen atoms in total. The van der Waals surface area contributed by atoms with E-state index in [1.807, 2.05) is 36.4 Å². The van der Waals surface area contributed by atoms with Crippen molar-refractivity contribution in [1.29, 1.82) is 0 Å². The molecular formula is C12H7AsCl2OS. The van der Waals surface area contributed by atoms with Crippen molar-refractivity contribution in [2.24, 2.45) is 0 Å². The Morgan fingerprint density at radius 3 is 2.53 bits per heavy atom. The molecule has 0 fully saturated rings. The van der Waals surface area contributed by atoms with E-state index in [1.54, 1.807) is 11.8 Å². The second-order valence-corrected chi connectivity index (χ2v) is 11.1. The molecule has 2 aromatic rings. The second-order valence-electron chi connectivity index (χ2n) is 3.51. The monoisotopic (exact) mass is 344 g/mol. The first-order valence-electron chi connectivity index (χ1n) is 4.94. The van der Waals surface area contributed by atoms with E-state index in [0.717, 1.165) is 25.6 Å². The summed E-state index contributed by atoms with van der Waals surface area (Å²) in [5.41, 5.74) is 0. The zero-order valence-electron chi connectivity index (χ0n) is 8.56. The van der Waals surface area contributed by atoms with Gasteiger partial charge in [0.15, 0.2) is 0 Å². The second kappa shape index (κ2) is 4.78. The summed E-state index contributed by atoms with van der Waals surface area (Å²) in [6.07, 6.45) is 0. The molecule has 1 heterocycles. The molecule has 1 aliphatic heterocycles. The van der Waals surface area contributed by atoms with Gasteiger partial charge in [0, 0.05) is 0 Å². The van der Waals surface area contributed by atoms with Crippen LogP contribution in [0.5, 0.6) is 11.5 Å². The number of rotatable bonds is 1. The van der Waals surface area contributed by atoms with Gasteiger partial charge in [-0.05, 0) is 0 Å². The van der Waals surface area contributed by atoms with Crippen LogP contribution in [0.25, 0.3) is 0 Å². The van der Waals surface area contributed by atoms with Crippen molar-refractivity contribution in [1.82, 2.24) is 0 Å². The zero-order chi connectivity index (χ0) is 11.8. The Balaban J connectivity index is 2.03. The number of para-hydroxylation sites is 1. The van der Waals surface area contributed by atoms with Gasteiger partial charge >= 0.3 is 117 Å². The third-order valence-electron chi connectivity index (χ3n) is 2.41. The summed E-state index contributed by atoms with van der Waals surface area (Å²) in [6, 6.07) is 14.0. The van der Waals surface area contributed by atoms with E-state index in [0.29, 0.717) is 0 Å². The van der Waals surface area contributed by atoms with Crippen LogP contribution < -0.4 is 9.09 Å². The average molecular weight is 345 g/mol.